The Morgan fingerprint density at radius 3 is 1.55 bits per heavy atom. The van der Waals surface area contributed by atoms with E-state index in [2.05, 4.69) is 65.8 Å². The lowest BCUT2D eigenvalue weighted by Crippen LogP contribution is -2.14. The quantitative estimate of drug-likeness (QED) is 0.591. The van der Waals surface area contributed by atoms with Crippen LogP contribution in [-0.2, 0) is 10.8 Å². The third-order valence-electron chi connectivity index (χ3n) is 3.69. The van der Waals surface area contributed by atoms with Crippen LogP contribution in [0, 0.1) is 0 Å². The summed E-state index contributed by atoms with van der Waals surface area (Å²) >= 11 is 1.93. The number of ether oxygens (including phenoxy) is 1. The monoisotopic (exact) mass is 315 g/mol. The Morgan fingerprint density at radius 1 is 0.727 bits per heavy atom. The van der Waals surface area contributed by atoms with Gasteiger partial charge in [0.25, 0.3) is 0 Å². The predicted molar refractivity (Wildman–Crippen MR) is 98.1 cm³/mol. The van der Waals surface area contributed by atoms with Gasteiger partial charge in [0.05, 0.1) is 7.11 Å². The normalized spacial score (nSPS) is 12.3. The molecule has 0 bridgehead atoms. The molecule has 0 saturated carbocycles. The molecule has 0 aliphatic carbocycles. The molecule has 22 heavy (non-hydrogen) atoms. The first kappa shape index (κ1) is 17.0. The van der Waals surface area contributed by atoms with Crippen LogP contribution < -0.4 is 4.74 Å². The molecule has 0 fully saturated rings. The lowest BCUT2D eigenvalue weighted by molar-refractivity contribution is 0.415. The minimum absolute atomic E-state index is 0.160. The first-order chi connectivity index (χ1) is 10.1. The van der Waals surface area contributed by atoms with E-state index >= 15 is 0 Å². The molecule has 0 aliphatic heterocycles. The number of hydrogen-bond donors (Lipinski definition) is 0. The molecule has 1 aromatic carbocycles. The highest BCUT2D eigenvalue weighted by molar-refractivity contribution is 7.12. The van der Waals surface area contributed by atoms with Crippen LogP contribution in [0.3, 0.4) is 0 Å². The first-order valence-electron chi connectivity index (χ1n) is 7.75. The van der Waals surface area contributed by atoms with Crippen LogP contribution in [-0.4, -0.2) is 7.11 Å². The van der Waals surface area contributed by atoms with Gasteiger partial charge in [-0.05, 0) is 23.3 Å². The molecule has 0 N–H and O–H groups in total. The molecule has 1 aromatic heterocycles. The first-order valence-corrected chi connectivity index (χ1v) is 8.56. The fraction of sp³-hybridized carbons (Fsp3) is 0.450. The lowest BCUT2D eigenvalue weighted by atomic mass is 9.90. The van der Waals surface area contributed by atoms with E-state index in [0.717, 1.165) is 5.75 Å². The van der Waals surface area contributed by atoms with Crippen LogP contribution in [0.15, 0.2) is 36.4 Å². The topological polar surface area (TPSA) is 9.23 Å². The lowest BCUT2D eigenvalue weighted by Gasteiger charge is -2.16. The molecule has 0 atom stereocenters. The molecule has 0 spiro atoms. The van der Waals surface area contributed by atoms with E-state index in [-0.39, 0.29) is 10.8 Å². The molecular weight excluding hydrogens is 288 g/mol. The average molecular weight is 316 g/mol. The number of methoxy groups -OCH3 is 1. The van der Waals surface area contributed by atoms with Crippen molar-refractivity contribution in [2.45, 2.75) is 52.4 Å². The van der Waals surface area contributed by atoms with E-state index < -0.39 is 0 Å². The summed E-state index contributed by atoms with van der Waals surface area (Å²) in [5, 5.41) is 0. The van der Waals surface area contributed by atoms with E-state index in [1.54, 1.807) is 7.11 Å². The van der Waals surface area contributed by atoms with Gasteiger partial charge >= 0.3 is 0 Å². The van der Waals surface area contributed by atoms with Gasteiger partial charge in [-0.2, -0.15) is 0 Å². The van der Waals surface area contributed by atoms with Gasteiger partial charge in [-0.1, -0.05) is 53.7 Å². The van der Waals surface area contributed by atoms with Crippen LogP contribution in [0.2, 0.25) is 0 Å². The Labute approximate surface area is 139 Å². The highest BCUT2D eigenvalue weighted by atomic mass is 32.1. The predicted octanol–water partition coefficient (Wildman–Crippen LogP) is 6.30. The van der Waals surface area contributed by atoms with E-state index in [1.165, 1.54) is 20.9 Å². The van der Waals surface area contributed by atoms with Crippen molar-refractivity contribution in [3.05, 3.63) is 46.2 Å². The van der Waals surface area contributed by atoms with Crippen molar-refractivity contribution < 1.29 is 4.74 Å². The van der Waals surface area contributed by atoms with Crippen molar-refractivity contribution in [3.63, 3.8) is 0 Å². The van der Waals surface area contributed by atoms with Gasteiger partial charge in [-0.25, -0.2) is 0 Å². The zero-order valence-corrected chi connectivity index (χ0v) is 15.6. The molecule has 0 radical (unpaired) electrons. The zero-order chi connectivity index (χ0) is 16.5. The van der Waals surface area contributed by atoms with E-state index in [9.17, 15) is 0 Å². The smallest absolute Gasteiger partial charge is 0.219 e. The minimum atomic E-state index is 0.160. The Morgan fingerprint density at radius 2 is 1.18 bits per heavy atom. The maximum atomic E-state index is 5.26. The largest absolute Gasteiger partial charge is 0.497 e. The molecule has 0 amide bonds. The van der Waals surface area contributed by atoms with Gasteiger partial charge in [0.2, 0.25) is 21.1 Å². The third kappa shape index (κ3) is 3.86. The molecule has 2 rings (SSSR count). The van der Waals surface area contributed by atoms with Gasteiger partial charge in [0.1, 0.15) is 5.75 Å². The molecule has 0 unspecified atom stereocenters. The van der Waals surface area contributed by atoms with Crippen LogP contribution in [0.4, 0.5) is 0 Å². The minimum Gasteiger partial charge on any atom is -0.497 e. The average Bonchev–Trinajstić information content (AvgIpc) is 2.45. The molecule has 0 aliphatic rings. The Bertz CT molecular complexity index is 611. The Kier molecular flexibility index (Phi) is 4.62. The molecule has 1 nitrogen and oxygen atoms in total. The van der Waals surface area contributed by atoms with Crippen LogP contribution in [0.1, 0.15) is 51.3 Å². The highest BCUT2D eigenvalue weighted by Crippen LogP contribution is 2.38. The second-order valence-electron chi connectivity index (χ2n) is 7.80. The summed E-state index contributed by atoms with van der Waals surface area (Å²) in [6, 6.07) is 13.0. The van der Waals surface area contributed by atoms with Crippen molar-refractivity contribution in [3.8, 4) is 16.9 Å². The molecule has 2 heteroatoms. The maximum absolute atomic E-state index is 5.26. The number of benzene rings is 1. The zero-order valence-electron chi connectivity index (χ0n) is 14.8. The fourth-order valence-corrected chi connectivity index (χ4v) is 3.41. The van der Waals surface area contributed by atoms with Gasteiger partial charge in [-0.15, -0.1) is 0 Å². The van der Waals surface area contributed by atoms with Crippen molar-refractivity contribution in [2.75, 3.05) is 7.11 Å². The second-order valence-corrected chi connectivity index (χ2v) is 8.89. The molecule has 0 saturated heterocycles. The van der Waals surface area contributed by atoms with Crippen molar-refractivity contribution in [1.29, 1.82) is 0 Å². The fourth-order valence-electron chi connectivity index (χ4n) is 2.19. The van der Waals surface area contributed by atoms with E-state index in [1.807, 2.05) is 23.5 Å². The highest BCUT2D eigenvalue weighted by Gasteiger charge is 2.32. The Hall–Kier alpha value is -1.41. The van der Waals surface area contributed by atoms with Crippen molar-refractivity contribution in [2.24, 2.45) is 0 Å². The molecular formula is C20H27OS+. The molecule has 2 aromatic rings. The summed E-state index contributed by atoms with van der Waals surface area (Å²) in [5.74, 6) is 0.898. The SMILES string of the molecule is COc1ccc(-c2cc(C(C)(C)C)[s+]c(C(C)(C)C)c2)cc1. The van der Waals surface area contributed by atoms with Crippen molar-refractivity contribution in [1.82, 2.24) is 0 Å². The maximum Gasteiger partial charge on any atom is 0.219 e. The van der Waals surface area contributed by atoms with Gasteiger partial charge in [0, 0.05) is 23.0 Å². The number of rotatable bonds is 2. The van der Waals surface area contributed by atoms with Crippen molar-refractivity contribution >= 4 is 11.3 Å². The van der Waals surface area contributed by atoms with Gasteiger partial charge in [0.15, 0.2) is 0 Å². The van der Waals surface area contributed by atoms with Crippen LogP contribution >= 0.6 is 11.3 Å². The summed E-state index contributed by atoms with van der Waals surface area (Å²) in [6.07, 6.45) is 0. The van der Waals surface area contributed by atoms with E-state index in [4.69, 9.17) is 4.74 Å². The number of hydrogen-bond acceptors (Lipinski definition) is 1. The summed E-state index contributed by atoms with van der Waals surface area (Å²) in [5.41, 5.74) is 2.85. The van der Waals surface area contributed by atoms with E-state index in [0.29, 0.717) is 0 Å². The molecule has 1 heterocycles. The standard InChI is InChI=1S/C20H27OS/c1-19(2,3)17-12-15(13-18(22-17)20(4,5)6)14-8-10-16(21-7)11-9-14/h8-13H,1-7H3/q+1. The Balaban J connectivity index is 2.59. The van der Waals surface area contributed by atoms with Gasteiger partial charge in [-0.3, -0.25) is 0 Å². The summed E-state index contributed by atoms with van der Waals surface area (Å²) in [6.45, 7) is 13.7. The van der Waals surface area contributed by atoms with Crippen LogP contribution in [0.25, 0.3) is 11.1 Å². The summed E-state index contributed by atoms with van der Waals surface area (Å²) < 4.78 is 5.26. The second kappa shape index (κ2) is 6.00. The molecule has 118 valence electrons. The summed E-state index contributed by atoms with van der Waals surface area (Å²) in [4.78, 5) is 2.84. The van der Waals surface area contributed by atoms with Crippen LogP contribution in [0.5, 0.6) is 5.75 Å². The third-order valence-corrected chi connectivity index (χ3v) is 5.60. The van der Waals surface area contributed by atoms with Gasteiger partial charge < -0.3 is 4.74 Å². The summed E-state index contributed by atoms with van der Waals surface area (Å²) in [7, 11) is 1.70.